The topological polar surface area (TPSA) is 36.4 Å². The van der Waals surface area contributed by atoms with Gasteiger partial charge in [-0.15, -0.1) is 24.0 Å². The lowest BCUT2D eigenvalue weighted by Crippen LogP contribution is -2.44. The number of rotatable bonds is 4. The number of guanidine groups is 1. The van der Waals surface area contributed by atoms with Crippen LogP contribution in [-0.2, 0) is 6.42 Å². The van der Waals surface area contributed by atoms with Gasteiger partial charge in [0.25, 0.3) is 0 Å². The summed E-state index contributed by atoms with van der Waals surface area (Å²) in [6.45, 7) is 4.43. The molecule has 1 heterocycles. The van der Waals surface area contributed by atoms with Crippen LogP contribution in [0.25, 0.3) is 0 Å². The number of nitrogens with one attached hydrogen (secondary N) is 2. The third-order valence-corrected chi connectivity index (χ3v) is 7.40. The molecule has 1 saturated carbocycles. The molecule has 4 rings (SSSR count). The molecule has 3 nitrogen and oxygen atoms in total. The monoisotopic (exact) mass is 457 g/mol. The SMILES string of the molecule is CN=C(NCC1C2Cc3ccccc3C12)NCC1(C)CCCS1.I. The molecular formula is C19H28IN3S. The summed E-state index contributed by atoms with van der Waals surface area (Å²) >= 11 is 2.09. The number of hydrogen-bond donors (Lipinski definition) is 2. The van der Waals surface area contributed by atoms with Gasteiger partial charge in [0.05, 0.1) is 0 Å². The van der Waals surface area contributed by atoms with Crippen molar-refractivity contribution in [1.82, 2.24) is 10.6 Å². The Morgan fingerprint density at radius 3 is 2.92 bits per heavy atom. The van der Waals surface area contributed by atoms with Crippen molar-refractivity contribution >= 4 is 41.7 Å². The molecule has 2 N–H and O–H groups in total. The Hall–Kier alpha value is -0.430. The molecule has 2 fully saturated rings. The highest BCUT2D eigenvalue weighted by Gasteiger charge is 2.54. The average Bonchev–Trinajstić information content (AvgIpc) is 2.90. The van der Waals surface area contributed by atoms with E-state index in [4.69, 9.17) is 0 Å². The third-order valence-electron chi connectivity index (χ3n) is 5.86. The van der Waals surface area contributed by atoms with Crippen LogP contribution in [0.15, 0.2) is 29.3 Å². The molecule has 3 aliphatic rings. The van der Waals surface area contributed by atoms with E-state index in [1.807, 2.05) is 7.05 Å². The summed E-state index contributed by atoms with van der Waals surface area (Å²) in [6.07, 6.45) is 3.93. The highest BCUT2D eigenvalue weighted by molar-refractivity contribution is 14.0. The Balaban J connectivity index is 0.00000169. The molecule has 132 valence electrons. The summed E-state index contributed by atoms with van der Waals surface area (Å²) in [5.74, 6) is 4.71. The molecule has 1 aromatic carbocycles. The maximum atomic E-state index is 4.40. The largest absolute Gasteiger partial charge is 0.356 e. The molecule has 5 heteroatoms. The molecule has 0 radical (unpaired) electrons. The van der Waals surface area contributed by atoms with Crippen LogP contribution >= 0.6 is 35.7 Å². The number of benzene rings is 1. The van der Waals surface area contributed by atoms with E-state index < -0.39 is 0 Å². The van der Waals surface area contributed by atoms with Gasteiger partial charge in [-0.25, -0.2) is 0 Å². The van der Waals surface area contributed by atoms with E-state index in [-0.39, 0.29) is 24.0 Å². The number of aliphatic imine (C=N–C) groups is 1. The van der Waals surface area contributed by atoms with Crippen molar-refractivity contribution < 1.29 is 0 Å². The van der Waals surface area contributed by atoms with Crippen LogP contribution in [0.4, 0.5) is 0 Å². The third kappa shape index (κ3) is 3.57. The molecule has 4 unspecified atom stereocenters. The second kappa shape index (κ2) is 7.44. The summed E-state index contributed by atoms with van der Waals surface area (Å²) in [5, 5.41) is 7.10. The second-order valence-electron chi connectivity index (χ2n) is 7.47. The van der Waals surface area contributed by atoms with Crippen molar-refractivity contribution in [3.8, 4) is 0 Å². The first kappa shape index (κ1) is 18.4. The molecule has 24 heavy (non-hydrogen) atoms. The molecular weight excluding hydrogens is 429 g/mol. The maximum Gasteiger partial charge on any atom is 0.191 e. The van der Waals surface area contributed by atoms with Gasteiger partial charge in [0.1, 0.15) is 0 Å². The fourth-order valence-corrected chi connectivity index (χ4v) is 5.69. The molecule has 4 atom stereocenters. The van der Waals surface area contributed by atoms with Crippen LogP contribution in [0.1, 0.15) is 36.8 Å². The molecule has 0 bridgehead atoms. The predicted molar refractivity (Wildman–Crippen MR) is 115 cm³/mol. The molecule has 2 aliphatic carbocycles. The number of hydrogen-bond acceptors (Lipinski definition) is 2. The maximum absolute atomic E-state index is 4.40. The molecule has 0 spiro atoms. The summed E-state index contributed by atoms with van der Waals surface area (Å²) in [5.41, 5.74) is 3.18. The van der Waals surface area contributed by atoms with Crippen LogP contribution in [0.2, 0.25) is 0 Å². The zero-order chi connectivity index (χ0) is 15.9. The van der Waals surface area contributed by atoms with E-state index >= 15 is 0 Å². The lowest BCUT2D eigenvalue weighted by Gasteiger charge is -2.24. The van der Waals surface area contributed by atoms with Gasteiger partial charge >= 0.3 is 0 Å². The van der Waals surface area contributed by atoms with E-state index in [9.17, 15) is 0 Å². The Kier molecular flexibility index (Phi) is 5.69. The molecule has 0 amide bonds. The lowest BCUT2D eigenvalue weighted by atomic mass is 10.0. The van der Waals surface area contributed by atoms with Crippen LogP contribution in [0.3, 0.4) is 0 Å². The standard InChI is InChI=1S/C19H27N3S.HI/c1-19(8-5-9-23-19)12-22-18(20-2)21-11-16-15-10-13-6-3-4-7-14(13)17(15)16;/h3-4,6-7,15-17H,5,8-12H2,1-2H3,(H2,20,21,22);1H. The molecule has 0 aromatic heterocycles. The van der Waals surface area contributed by atoms with E-state index in [1.165, 1.54) is 25.0 Å². The van der Waals surface area contributed by atoms with Crippen LogP contribution in [0.5, 0.6) is 0 Å². The van der Waals surface area contributed by atoms with Gasteiger partial charge in [-0.05, 0) is 60.8 Å². The first-order valence-electron chi connectivity index (χ1n) is 8.86. The minimum Gasteiger partial charge on any atom is -0.356 e. The Labute approximate surface area is 166 Å². The van der Waals surface area contributed by atoms with Crippen LogP contribution in [-0.4, -0.2) is 36.6 Å². The van der Waals surface area contributed by atoms with E-state index in [0.717, 1.165) is 36.8 Å². The van der Waals surface area contributed by atoms with Crippen molar-refractivity contribution in [2.75, 3.05) is 25.9 Å². The normalized spacial score (nSPS) is 33.4. The first-order valence-corrected chi connectivity index (χ1v) is 9.85. The zero-order valence-corrected chi connectivity index (χ0v) is 17.7. The highest BCUT2D eigenvalue weighted by Crippen LogP contribution is 2.60. The zero-order valence-electron chi connectivity index (χ0n) is 14.5. The summed E-state index contributed by atoms with van der Waals surface area (Å²) in [4.78, 5) is 4.40. The quantitative estimate of drug-likeness (QED) is 0.412. The summed E-state index contributed by atoms with van der Waals surface area (Å²) in [6, 6.07) is 8.98. The van der Waals surface area contributed by atoms with Gasteiger partial charge < -0.3 is 10.6 Å². The van der Waals surface area contributed by atoms with E-state index in [2.05, 4.69) is 58.6 Å². The van der Waals surface area contributed by atoms with Crippen LogP contribution < -0.4 is 10.6 Å². The van der Waals surface area contributed by atoms with Gasteiger partial charge in [-0.2, -0.15) is 11.8 Å². The Morgan fingerprint density at radius 2 is 2.17 bits per heavy atom. The Morgan fingerprint density at radius 1 is 1.33 bits per heavy atom. The van der Waals surface area contributed by atoms with Gasteiger partial charge in [0.15, 0.2) is 5.96 Å². The molecule has 1 aromatic rings. The predicted octanol–water partition coefficient (Wildman–Crippen LogP) is 3.64. The fraction of sp³-hybridized carbons (Fsp3) is 0.632. The fourth-order valence-electron chi connectivity index (χ4n) is 4.44. The van der Waals surface area contributed by atoms with Gasteiger partial charge in [0, 0.05) is 24.9 Å². The van der Waals surface area contributed by atoms with E-state index in [0.29, 0.717) is 4.75 Å². The van der Waals surface area contributed by atoms with E-state index in [1.54, 1.807) is 11.1 Å². The number of thioether (sulfide) groups is 1. The van der Waals surface area contributed by atoms with Crippen molar-refractivity contribution in [3.63, 3.8) is 0 Å². The number of halogens is 1. The minimum absolute atomic E-state index is 0. The molecule has 1 aliphatic heterocycles. The smallest absolute Gasteiger partial charge is 0.191 e. The van der Waals surface area contributed by atoms with Crippen molar-refractivity contribution in [2.45, 2.75) is 36.9 Å². The Bertz CT molecular complexity index is 612. The molecule has 1 saturated heterocycles. The average molecular weight is 457 g/mol. The number of fused-ring (bicyclic) bond motifs is 3. The van der Waals surface area contributed by atoms with Crippen LogP contribution in [0, 0.1) is 11.8 Å². The number of nitrogens with zero attached hydrogens (tertiary/aromatic N) is 1. The second-order valence-corrected chi connectivity index (χ2v) is 9.15. The summed E-state index contributed by atoms with van der Waals surface area (Å²) in [7, 11) is 1.88. The van der Waals surface area contributed by atoms with Crippen molar-refractivity contribution in [3.05, 3.63) is 35.4 Å². The minimum atomic E-state index is 0. The van der Waals surface area contributed by atoms with Gasteiger partial charge in [0.2, 0.25) is 0 Å². The highest BCUT2D eigenvalue weighted by atomic mass is 127. The lowest BCUT2D eigenvalue weighted by molar-refractivity contribution is 0.580. The van der Waals surface area contributed by atoms with Gasteiger partial charge in [-0.1, -0.05) is 24.3 Å². The summed E-state index contributed by atoms with van der Waals surface area (Å²) < 4.78 is 0.382. The first-order chi connectivity index (χ1) is 11.2. The van der Waals surface area contributed by atoms with Crippen molar-refractivity contribution in [2.24, 2.45) is 16.8 Å². The van der Waals surface area contributed by atoms with Gasteiger partial charge in [-0.3, -0.25) is 4.99 Å². The van der Waals surface area contributed by atoms with Crippen molar-refractivity contribution in [1.29, 1.82) is 0 Å².